The highest BCUT2D eigenvalue weighted by atomic mass is 19.1. The van der Waals surface area contributed by atoms with E-state index < -0.39 is 5.97 Å². The minimum absolute atomic E-state index is 0.262. The van der Waals surface area contributed by atoms with Gasteiger partial charge in [0.2, 0.25) is 0 Å². The van der Waals surface area contributed by atoms with E-state index in [9.17, 15) is 14.0 Å². The van der Waals surface area contributed by atoms with Gasteiger partial charge in [-0.05, 0) is 48.7 Å². The van der Waals surface area contributed by atoms with Crippen molar-refractivity contribution in [2.75, 3.05) is 24.7 Å². The van der Waals surface area contributed by atoms with Gasteiger partial charge in [-0.2, -0.15) is 0 Å². The summed E-state index contributed by atoms with van der Waals surface area (Å²) in [6.07, 6.45) is 1.82. The Morgan fingerprint density at radius 1 is 1.04 bits per heavy atom. The maximum atomic E-state index is 12.8. The van der Waals surface area contributed by atoms with Gasteiger partial charge in [0, 0.05) is 12.2 Å². The summed E-state index contributed by atoms with van der Waals surface area (Å²) in [7, 11) is 0. The predicted molar refractivity (Wildman–Crippen MR) is 90.0 cm³/mol. The van der Waals surface area contributed by atoms with Crippen molar-refractivity contribution in [1.29, 1.82) is 0 Å². The lowest BCUT2D eigenvalue weighted by molar-refractivity contribution is -0.149. The number of fused-ring (bicyclic) bond motifs is 1. The molecule has 130 valence electrons. The van der Waals surface area contributed by atoms with E-state index in [1.807, 2.05) is 24.3 Å². The van der Waals surface area contributed by atoms with E-state index in [4.69, 9.17) is 9.47 Å². The third-order valence-electron chi connectivity index (χ3n) is 3.94. The van der Waals surface area contributed by atoms with E-state index >= 15 is 0 Å². The maximum Gasteiger partial charge on any atom is 0.344 e. The van der Waals surface area contributed by atoms with Crippen LogP contribution in [-0.4, -0.2) is 31.6 Å². The third kappa shape index (κ3) is 4.35. The van der Waals surface area contributed by atoms with Gasteiger partial charge in [-0.3, -0.25) is 4.79 Å². The van der Waals surface area contributed by atoms with Gasteiger partial charge < -0.3 is 14.4 Å². The molecule has 1 heterocycles. The molecule has 0 atom stereocenters. The van der Waals surface area contributed by atoms with Crippen LogP contribution in [0, 0.1) is 5.82 Å². The van der Waals surface area contributed by atoms with E-state index in [0.29, 0.717) is 12.3 Å². The number of para-hydroxylation sites is 1. The first-order valence-corrected chi connectivity index (χ1v) is 8.06. The Hall–Kier alpha value is -2.89. The molecule has 2 aromatic carbocycles. The molecule has 5 nitrogen and oxygen atoms in total. The molecule has 0 bridgehead atoms. The minimum Gasteiger partial charge on any atom is -0.482 e. The summed E-state index contributed by atoms with van der Waals surface area (Å²) in [6, 6.07) is 13.0. The molecule has 0 saturated heterocycles. The highest BCUT2D eigenvalue weighted by Crippen LogP contribution is 2.26. The molecule has 0 aliphatic carbocycles. The van der Waals surface area contributed by atoms with Crippen molar-refractivity contribution >= 4 is 17.6 Å². The molecule has 0 N–H and O–H groups in total. The number of benzene rings is 2. The van der Waals surface area contributed by atoms with Gasteiger partial charge in [0.15, 0.2) is 13.2 Å². The van der Waals surface area contributed by atoms with Crippen molar-refractivity contribution in [3.05, 3.63) is 59.9 Å². The van der Waals surface area contributed by atoms with Crippen molar-refractivity contribution in [1.82, 2.24) is 0 Å². The summed E-state index contributed by atoms with van der Waals surface area (Å²) in [4.78, 5) is 25.7. The molecule has 3 rings (SSSR count). The fourth-order valence-corrected chi connectivity index (χ4v) is 2.73. The molecule has 2 aromatic rings. The zero-order valence-electron chi connectivity index (χ0n) is 13.6. The number of anilines is 1. The molecule has 1 aliphatic heterocycles. The van der Waals surface area contributed by atoms with Crippen LogP contribution in [-0.2, 0) is 20.7 Å². The Morgan fingerprint density at radius 3 is 2.60 bits per heavy atom. The number of aryl methyl sites for hydroxylation is 1. The number of ether oxygens (including phenoxy) is 2. The molecule has 1 aliphatic rings. The Morgan fingerprint density at radius 2 is 1.80 bits per heavy atom. The normalized spacial score (nSPS) is 13.1. The van der Waals surface area contributed by atoms with Crippen LogP contribution < -0.4 is 9.64 Å². The second-order valence-corrected chi connectivity index (χ2v) is 5.68. The minimum atomic E-state index is -0.650. The second-order valence-electron chi connectivity index (χ2n) is 5.68. The quantitative estimate of drug-likeness (QED) is 0.784. The molecule has 1 amide bonds. The van der Waals surface area contributed by atoms with E-state index in [1.54, 1.807) is 4.90 Å². The Labute approximate surface area is 145 Å². The molecule has 0 saturated carbocycles. The van der Waals surface area contributed by atoms with Gasteiger partial charge in [0.1, 0.15) is 11.6 Å². The summed E-state index contributed by atoms with van der Waals surface area (Å²) in [5.74, 6) is -0.942. The number of carbonyl (C=O) groups excluding carboxylic acids is 2. The highest BCUT2D eigenvalue weighted by molar-refractivity contribution is 5.96. The molecule has 0 unspecified atom stereocenters. The number of carbonyl (C=O) groups is 2. The molecule has 0 radical (unpaired) electrons. The van der Waals surface area contributed by atoms with Crippen molar-refractivity contribution < 1.29 is 23.5 Å². The highest BCUT2D eigenvalue weighted by Gasteiger charge is 2.23. The van der Waals surface area contributed by atoms with Crippen LogP contribution in [0.1, 0.15) is 12.0 Å². The molecular weight excluding hydrogens is 325 g/mol. The number of hydrogen-bond donors (Lipinski definition) is 0. The summed E-state index contributed by atoms with van der Waals surface area (Å²) in [5.41, 5.74) is 1.99. The van der Waals surface area contributed by atoms with Gasteiger partial charge in [-0.25, -0.2) is 9.18 Å². The van der Waals surface area contributed by atoms with Gasteiger partial charge in [0.05, 0.1) is 0 Å². The number of nitrogens with zero attached hydrogens (tertiary/aromatic N) is 1. The van der Waals surface area contributed by atoms with Crippen molar-refractivity contribution in [2.24, 2.45) is 0 Å². The monoisotopic (exact) mass is 343 g/mol. The largest absolute Gasteiger partial charge is 0.482 e. The summed E-state index contributed by atoms with van der Waals surface area (Å²) < 4.78 is 23.0. The Bertz CT molecular complexity index is 760. The lowest BCUT2D eigenvalue weighted by Crippen LogP contribution is -2.38. The van der Waals surface area contributed by atoms with Crippen LogP contribution in [0.4, 0.5) is 10.1 Å². The number of esters is 1. The maximum absolute atomic E-state index is 12.8. The zero-order valence-corrected chi connectivity index (χ0v) is 13.6. The van der Waals surface area contributed by atoms with Crippen LogP contribution in [0.3, 0.4) is 0 Å². The summed E-state index contributed by atoms with van der Waals surface area (Å²) in [6.45, 7) is -0.0606. The van der Waals surface area contributed by atoms with Crippen LogP contribution >= 0.6 is 0 Å². The van der Waals surface area contributed by atoms with Gasteiger partial charge in [-0.1, -0.05) is 18.2 Å². The van der Waals surface area contributed by atoms with E-state index in [1.165, 1.54) is 24.3 Å². The van der Waals surface area contributed by atoms with Crippen LogP contribution in [0.5, 0.6) is 5.75 Å². The van der Waals surface area contributed by atoms with Crippen LogP contribution in [0.25, 0.3) is 0 Å². The van der Waals surface area contributed by atoms with Gasteiger partial charge in [-0.15, -0.1) is 0 Å². The average molecular weight is 343 g/mol. The van der Waals surface area contributed by atoms with Gasteiger partial charge >= 0.3 is 5.97 Å². The molecule has 25 heavy (non-hydrogen) atoms. The fraction of sp³-hybridized carbons (Fsp3) is 0.263. The first-order valence-electron chi connectivity index (χ1n) is 8.06. The van der Waals surface area contributed by atoms with Crippen molar-refractivity contribution in [3.63, 3.8) is 0 Å². The van der Waals surface area contributed by atoms with Crippen LogP contribution in [0.2, 0.25) is 0 Å². The predicted octanol–water partition coefficient (Wildman–Crippen LogP) is 2.73. The first-order chi connectivity index (χ1) is 12.1. The molecule has 6 heteroatoms. The third-order valence-corrected chi connectivity index (χ3v) is 3.94. The second kappa shape index (κ2) is 7.79. The summed E-state index contributed by atoms with van der Waals surface area (Å²) >= 11 is 0. The lowest BCUT2D eigenvalue weighted by atomic mass is 10.0. The zero-order chi connectivity index (χ0) is 17.6. The topological polar surface area (TPSA) is 55.8 Å². The molecule has 0 spiro atoms. The van der Waals surface area contributed by atoms with E-state index in [2.05, 4.69) is 0 Å². The van der Waals surface area contributed by atoms with E-state index in [-0.39, 0.29) is 24.9 Å². The fourth-order valence-electron chi connectivity index (χ4n) is 2.73. The molecule has 0 fully saturated rings. The summed E-state index contributed by atoms with van der Waals surface area (Å²) in [5, 5.41) is 0. The number of halogens is 1. The average Bonchev–Trinajstić information content (AvgIpc) is 2.65. The lowest BCUT2D eigenvalue weighted by Gasteiger charge is -2.29. The number of rotatable bonds is 5. The van der Waals surface area contributed by atoms with Crippen molar-refractivity contribution in [3.8, 4) is 5.75 Å². The standard InChI is InChI=1S/C19H18FNO4/c20-15-7-9-16(10-8-15)24-13-19(23)25-12-18(22)21-11-3-5-14-4-1-2-6-17(14)21/h1-2,4,6-10H,3,5,11-13H2. The smallest absolute Gasteiger partial charge is 0.344 e. The SMILES string of the molecule is O=C(COc1ccc(F)cc1)OCC(=O)N1CCCc2ccccc21. The Kier molecular flexibility index (Phi) is 5.28. The van der Waals surface area contributed by atoms with E-state index in [0.717, 1.165) is 24.1 Å². The molecular formula is C19H18FNO4. The number of hydrogen-bond acceptors (Lipinski definition) is 4. The first kappa shape index (κ1) is 17.0. The van der Waals surface area contributed by atoms with Crippen LogP contribution in [0.15, 0.2) is 48.5 Å². The Balaban J connectivity index is 1.49. The van der Waals surface area contributed by atoms with Crippen molar-refractivity contribution in [2.45, 2.75) is 12.8 Å². The van der Waals surface area contributed by atoms with Gasteiger partial charge in [0.25, 0.3) is 5.91 Å². The number of amides is 1. The molecule has 0 aromatic heterocycles.